The standard InChI is InChI=1S/C25H21N3O2S2/c1-3-27-24(30)17-10-4-5-11-18(17)26-25(27)31-16(2)23(29)28-19-12-6-8-14-21(19)32-22-15-9-7-13-20(22)28/h4-16H,3H2,1-2H3. The van der Waals surface area contributed by atoms with Gasteiger partial charge in [-0.2, -0.15) is 0 Å². The summed E-state index contributed by atoms with van der Waals surface area (Å²) in [4.78, 5) is 35.3. The monoisotopic (exact) mass is 459 g/mol. The molecule has 4 aromatic rings. The summed E-state index contributed by atoms with van der Waals surface area (Å²) in [6, 6.07) is 23.2. The van der Waals surface area contributed by atoms with Crippen molar-refractivity contribution >= 4 is 51.7 Å². The van der Waals surface area contributed by atoms with Crippen LogP contribution < -0.4 is 10.5 Å². The summed E-state index contributed by atoms with van der Waals surface area (Å²) in [6.07, 6.45) is 0. The van der Waals surface area contributed by atoms with Gasteiger partial charge in [-0.05, 0) is 50.2 Å². The number of aromatic nitrogens is 2. The van der Waals surface area contributed by atoms with Crippen LogP contribution in [0.5, 0.6) is 0 Å². The molecule has 32 heavy (non-hydrogen) atoms. The number of benzene rings is 3. The number of fused-ring (bicyclic) bond motifs is 3. The second-order valence-electron chi connectivity index (χ2n) is 7.43. The molecule has 1 aliphatic heterocycles. The highest BCUT2D eigenvalue weighted by atomic mass is 32.2. The maximum absolute atomic E-state index is 13.8. The Morgan fingerprint density at radius 3 is 2.22 bits per heavy atom. The summed E-state index contributed by atoms with van der Waals surface area (Å²) in [5, 5.41) is 0.712. The third-order valence-electron chi connectivity index (χ3n) is 5.43. The fourth-order valence-corrected chi connectivity index (χ4v) is 5.92. The summed E-state index contributed by atoms with van der Waals surface area (Å²) >= 11 is 3.00. The van der Waals surface area contributed by atoms with Crippen LogP contribution in [0.25, 0.3) is 10.9 Å². The predicted molar refractivity (Wildman–Crippen MR) is 131 cm³/mol. The van der Waals surface area contributed by atoms with Gasteiger partial charge in [-0.15, -0.1) is 0 Å². The molecule has 3 aromatic carbocycles. The minimum atomic E-state index is -0.440. The lowest BCUT2D eigenvalue weighted by atomic mass is 10.2. The minimum Gasteiger partial charge on any atom is -0.287 e. The number of hydrogen-bond acceptors (Lipinski definition) is 5. The van der Waals surface area contributed by atoms with E-state index in [1.54, 1.807) is 27.3 Å². The van der Waals surface area contributed by atoms with Crippen molar-refractivity contribution in [3.63, 3.8) is 0 Å². The molecule has 1 atom stereocenters. The summed E-state index contributed by atoms with van der Waals surface area (Å²) in [5.74, 6) is -0.0414. The number of nitrogens with zero attached hydrogens (tertiary/aromatic N) is 3. The minimum absolute atomic E-state index is 0.0414. The van der Waals surface area contributed by atoms with E-state index in [0.29, 0.717) is 22.6 Å². The largest absolute Gasteiger partial charge is 0.287 e. The first-order valence-corrected chi connectivity index (χ1v) is 12.1. The third kappa shape index (κ3) is 3.51. The molecule has 0 saturated heterocycles. The van der Waals surface area contributed by atoms with Gasteiger partial charge in [0.2, 0.25) is 5.91 Å². The number of amides is 1. The molecular formula is C25H21N3O2S2. The van der Waals surface area contributed by atoms with Gasteiger partial charge >= 0.3 is 0 Å². The quantitative estimate of drug-likeness (QED) is 0.288. The maximum Gasteiger partial charge on any atom is 0.262 e. The van der Waals surface area contributed by atoms with E-state index >= 15 is 0 Å². The Hall–Kier alpha value is -3.03. The summed E-state index contributed by atoms with van der Waals surface area (Å²) in [7, 11) is 0. The van der Waals surface area contributed by atoms with Crippen LogP contribution in [0.15, 0.2) is 92.5 Å². The SMILES string of the molecule is CCn1c(SC(C)C(=O)N2c3ccccc3Sc3ccccc32)nc2ccccc2c1=O. The Bertz CT molecular complexity index is 1350. The van der Waals surface area contributed by atoms with Gasteiger partial charge < -0.3 is 0 Å². The van der Waals surface area contributed by atoms with E-state index in [-0.39, 0.29) is 11.5 Å². The van der Waals surface area contributed by atoms with E-state index < -0.39 is 5.25 Å². The van der Waals surface area contributed by atoms with Gasteiger partial charge in [-0.25, -0.2) is 4.98 Å². The van der Waals surface area contributed by atoms with Gasteiger partial charge in [-0.1, -0.05) is 59.9 Å². The van der Waals surface area contributed by atoms with Crippen LogP contribution in [0.1, 0.15) is 13.8 Å². The van der Waals surface area contributed by atoms with Gasteiger partial charge in [0, 0.05) is 16.3 Å². The molecule has 5 rings (SSSR count). The Kier molecular flexibility index (Phi) is 5.53. The summed E-state index contributed by atoms with van der Waals surface area (Å²) in [5.41, 5.74) is 2.33. The fourth-order valence-electron chi connectivity index (χ4n) is 3.85. The second-order valence-corrected chi connectivity index (χ2v) is 9.82. The smallest absolute Gasteiger partial charge is 0.262 e. The lowest BCUT2D eigenvalue weighted by molar-refractivity contribution is -0.117. The van der Waals surface area contributed by atoms with Crippen molar-refractivity contribution in [3.05, 3.63) is 83.2 Å². The molecule has 2 heterocycles. The normalized spacial score (nSPS) is 13.5. The number of thioether (sulfide) groups is 1. The van der Waals surface area contributed by atoms with Gasteiger partial charge in [-0.3, -0.25) is 19.1 Å². The molecule has 1 aromatic heterocycles. The molecule has 1 aliphatic rings. The Morgan fingerprint density at radius 2 is 1.56 bits per heavy atom. The van der Waals surface area contributed by atoms with E-state index in [1.165, 1.54) is 11.8 Å². The molecule has 7 heteroatoms. The second kappa shape index (κ2) is 8.48. The van der Waals surface area contributed by atoms with Gasteiger partial charge in [0.1, 0.15) is 0 Å². The first-order chi connectivity index (χ1) is 15.6. The van der Waals surface area contributed by atoms with Crippen LogP contribution in [-0.4, -0.2) is 20.7 Å². The van der Waals surface area contributed by atoms with E-state index in [4.69, 9.17) is 4.98 Å². The average molecular weight is 460 g/mol. The molecule has 1 amide bonds. The average Bonchev–Trinajstić information content (AvgIpc) is 2.82. The van der Waals surface area contributed by atoms with Crippen LogP contribution in [0.2, 0.25) is 0 Å². The molecule has 0 spiro atoms. The number of para-hydroxylation sites is 3. The number of carbonyl (C=O) groups excluding carboxylic acids is 1. The number of anilines is 2. The number of hydrogen-bond donors (Lipinski definition) is 0. The van der Waals surface area contributed by atoms with Crippen molar-refractivity contribution in [1.29, 1.82) is 0 Å². The topological polar surface area (TPSA) is 55.2 Å². The molecule has 0 saturated carbocycles. The lowest BCUT2D eigenvalue weighted by Crippen LogP contribution is -2.35. The Balaban J connectivity index is 1.54. The van der Waals surface area contributed by atoms with Crippen molar-refractivity contribution in [1.82, 2.24) is 9.55 Å². The van der Waals surface area contributed by atoms with Crippen LogP contribution in [0, 0.1) is 0 Å². The molecule has 0 aliphatic carbocycles. The van der Waals surface area contributed by atoms with Crippen LogP contribution >= 0.6 is 23.5 Å². The molecule has 0 fully saturated rings. The van der Waals surface area contributed by atoms with E-state index in [9.17, 15) is 9.59 Å². The van der Waals surface area contributed by atoms with Gasteiger partial charge in [0.05, 0.1) is 27.5 Å². The number of carbonyl (C=O) groups is 1. The van der Waals surface area contributed by atoms with Crippen LogP contribution in [0.4, 0.5) is 11.4 Å². The Morgan fingerprint density at radius 1 is 0.969 bits per heavy atom. The van der Waals surface area contributed by atoms with E-state index in [0.717, 1.165) is 21.2 Å². The summed E-state index contributed by atoms with van der Waals surface area (Å²) < 4.78 is 1.64. The highest BCUT2D eigenvalue weighted by molar-refractivity contribution is 8.00. The van der Waals surface area contributed by atoms with Gasteiger partial charge in [0.15, 0.2) is 5.16 Å². The zero-order valence-electron chi connectivity index (χ0n) is 17.7. The van der Waals surface area contributed by atoms with Crippen molar-refractivity contribution < 1.29 is 4.79 Å². The Labute approximate surface area is 194 Å². The zero-order chi connectivity index (χ0) is 22.2. The molecule has 0 bridgehead atoms. The van der Waals surface area contributed by atoms with Crippen molar-refractivity contribution in [2.24, 2.45) is 0 Å². The molecule has 0 radical (unpaired) electrons. The lowest BCUT2D eigenvalue weighted by Gasteiger charge is -2.32. The predicted octanol–water partition coefficient (Wildman–Crippen LogP) is 5.73. The van der Waals surface area contributed by atoms with E-state index in [2.05, 4.69) is 0 Å². The van der Waals surface area contributed by atoms with E-state index in [1.807, 2.05) is 80.6 Å². The van der Waals surface area contributed by atoms with Crippen molar-refractivity contribution in [2.75, 3.05) is 4.90 Å². The van der Waals surface area contributed by atoms with Crippen molar-refractivity contribution in [3.8, 4) is 0 Å². The molecular weight excluding hydrogens is 438 g/mol. The molecule has 0 N–H and O–H groups in total. The molecule has 5 nitrogen and oxygen atoms in total. The first-order valence-electron chi connectivity index (χ1n) is 10.4. The van der Waals surface area contributed by atoms with Crippen molar-refractivity contribution in [2.45, 2.75) is 40.6 Å². The first kappa shape index (κ1) is 20.8. The number of rotatable bonds is 4. The highest BCUT2D eigenvalue weighted by Gasteiger charge is 2.31. The molecule has 160 valence electrons. The van der Waals surface area contributed by atoms with Gasteiger partial charge in [0.25, 0.3) is 5.56 Å². The zero-order valence-corrected chi connectivity index (χ0v) is 19.3. The maximum atomic E-state index is 13.8. The molecule has 1 unspecified atom stereocenters. The highest BCUT2D eigenvalue weighted by Crippen LogP contribution is 2.48. The summed E-state index contributed by atoms with van der Waals surface area (Å²) in [6.45, 7) is 4.29. The fraction of sp³-hybridized carbons (Fsp3) is 0.160. The van der Waals surface area contributed by atoms with Crippen LogP contribution in [-0.2, 0) is 11.3 Å². The third-order valence-corrected chi connectivity index (χ3v) is 7.63. The van der Waals surface area contributed by atoms with Crippen LogP contribution in [0.3, 0.4) is 0 Å².